The van der Waals surface area contributed by atoms with Crippen LogP contribution < -0.4 is 9.80 Å². The molecule has 2 fully saturated rings. The topological polar surface area (TPSA) is 44.7 Å². The van der Waals surface area contributed by atoms with Gasteiger partial charge in [0.05, 0.1) is 18.8 Å². The molecule has 4 rings (SSSR count). The normalized spacial score (nSPS) is 23.1. The molecule has 1 aromatic carbocycles. The van der Waals surface area contributed by atoms with E-state index in [0.717, 1.165) is 44.6 Å². The third-order valence-corrected chi connectivity index (χ3v) is 5.19. The van der Waals surface area contributed by atoms with Gasteiger partial charge in [-0.25, -0.2) is 4.98 Å². The zero-order chi connectivity index (χ0) is 18.1. The third-order valence-electron chi connectivity index (χ3n) is 5.19. The molecule has 0 saturated carbocycles. The molecule has 0 bridgehead atoms. The van der Waals surface area contributed by atoms with E-state index in [0.29, 0.717) is 6.04 Å². The predicted octanol–water partition coefficient (Wildman–Crippen LogP) is 1.94. The van der Waals surface area contributed by atoms with Gasteiger partial charge >= 0.3 is 0 Å². The van der Waals surface area contributed by atoms with E-state index >= 15 is 0 Å². The number of likely N-dealkylation sites (tertiary alicyclic amines) is 1. The van der Waals surface area contributed by atoms with Crippen LogP contribution in [0.15, 0.2) is 36.5 Å². The van der Waals surface area contributed by atoms with Crippen LogP contribution in [0.4, 0.5) is 11.8 Å². The van der Waals surface area contributed by atoms with Gasteiger partial charge in [-0.1, -0.05) is 29.8 Å². The summed E-state index contributed by atoms with van der Waals surface area (Å²) in [7, 11) is 3.95. The molecule has 0 radical (unpaired) electrons. The third kappa shape index (κ3) is 3.52. The van der Waals surface area contributed by atoms with E-state index in [1.165, 1.54) is 11.1 Å². The largest absolute Gasteiger partial charge is 0.373 e. The lowest BCUT2D eigenvalue weighted by atomic mass is 10.1. The Morgan fingerprint density at radius 1 is 1.23 bits per heavy atom. The molecule has 0 N–H and O–H groups in total. The van der Waals surface area contributed by atoms with Crippen molar-refractivity contribution in [3.05, 3.63) is 47.7 Å². The molecule has 1 aromatic heterocycles. The minimum atomic E-state index is 0.242. The van der Waals surface area contributed by atoms with Crippen LogP contribution in [0, 0.1) is 6.92 Å². The number of hydrogen-bond donors (Lipinski definition) is 0. The maximum Gasteiger partial charge on any atom is 0.226 e. The summed E-state index contributed by atoms with van der Waals surface area (Å²) in [6.07, 6.45) is 2.09. The lowest BCUT2D eigenvalue weighted by Crippen LogP contribution is -2.51. The fourth-order valence-corrected chi connectivity index (χ4v) is 3.96. The number of aryl methyl sites for hydroxylation is 1. The van der Waals surface area contributed by atoms with Gasteiger partial charge < -0.3 is 14.5 Å². The number of ether oxygens (including phenoxy) is 1. The van der Waals surface area contributed by atoms with Gasteiger partial charge in [-0.15, -0.1) is 0 Å². The van der Waals surface area contributed by atoms with Crippen molar-refractivity contribution in [2.45, 2.75) is 25.6 Å². The smallest absolute Gasteiger partial charge is 0.226 e. The second kappa shape index (κ2) is 7.21. The van der Waals surface area contributed by atoms with Crippen LogP contribution in [0.5, 0.6) is 0 Å². The van der Waals surface area contributed by atoms with Crippen molar-refractivity contribution in [1.82, 2.24) is 14.9 Å². The van der Waals surface area contributed by atoms with Gasteiger partial charge in [-0.05, 0) is 18.6 Å². The first-order valence-electron chi connectivity index (χ1n) is 9.26. The highest BCUT2D eigenvalue weighted by Gasteiger charge is 2.40. The maximum absolute atomic E-state index is 6.09. The summed E-state index contributed by atoms with van der Waals surface area (Å²) >= 11 is 0. The van der Waals surface area contributed by atoms with E-state index in [9.17, 15) is 0 Å². The maximum atomic E-state index is 6.09. The summed E-state index contributed by atoms with van der Waals surface area (Å²) in [5.74, 6) is 1.75. The van der Waals surface area contributed by atoms with Crippen molar-refractivity contribution in [3.63, 3.8) is 0 Å². The number of rotatable bonds is 4. The number of hydrogen-bond acceptors (Lipinski definition) is 6. The first-order valence-corrected chi connectivity index (χ1v) is 9.26. The van der Waals surface area contributed by atoms with Crippen LogP contribution >= 0.6 is 0 Å². The minimum Gasteiger partial charge on any atom is -0.373 e. The quantitative estimate of drug-likeness (QED) is 0.837. The van der Waals surface area contributed by atoms with Gasteiger partial charge in [-0.3, -0.25) is 4.90 Å². The highest BCUT2D eigenvalue weighted by atomic mass is 16.5. The zero-order valence-corrected chi connectivity index (χ0v) is 15.8. The lowest BCUT2D eigenvalue weighted by molar-refractivity contribution is 0.0303. The van der Waals surface area contributed by atoms with Crippen LogP contribution in [0.25, 0.3) is 0 Å². The van der Waals surface area contributed by atoms with Gasteiger partial charge in [0, 0.05) is 46.5 Å². The van der Waals surface area contributed by atoms with E-state index in [2.05, 4.69) is 46.0 Å². The standard InChI is InChI=1S/C20H27N5O/c1-15-5-4-6-16(11-15)12-24-13-17-18(14-24)26-10-9-25(17)19-7-8-21-20(22-19)23(2)3/h4-8,11,17-18H,9-10,12-14H2,1-3H3/t17-,18+/m1/s1. The van der Waals surface area contributed by atoms with Crippen molar-refractivity contribution in [3.8, 4) is 0 Å². The molecule has 6 nitrogen and oxygen atoms in total. The molecule has 2 atom stereocenters. The lowest BCUT2D eigenvalue weighted by Gasteiger charge is -2.37. The molecule has 0 amide bonds. The summed E-state index contributed by atoms with van der Waals surface area (Å²) in [6, 6.07) is 11.1. The average Bonchev–Trinajstić information content (AvgIpc) is 3.04. The van der Waals surface area contributed by atoms with Gasteiger partial charge in [0.15, 0.2) is 0 Å². The Kier molecular flexibility index (Phi) is 4.78. The molecule has 2 aliphatic heterocycles. The van der Waals surface area contributed by atoms with Gasteiger partial charge in [-0.2, -0.15) is 4.98 Å². The SMILES string of the molecule is Cc1cccc(CN2C[C@@H]3OCCN(c4ccnc(N(C)C)n4)[C@@H]3C2)c1. The average molecular weight is 353 g/mol. The van der Waals surface area contributed by atoms with Crippen LogP contribution in [0.2, 0.25) is 0 Å². The minimum absolute atomic E-state index is 0.242. The Bertz CT molecular complexity index is 765. The second-order valence-electron chi connectivity index (χ2n) is 7.46. The monoisotopic (exact) mass is 353 g/mol. The van der Waals surface area contributed by atoms with Crippen LogP contribution in [0.3, 0.4) is 0 Å². The van der Waals surface area contributed by atoms with Crippen molar-refractivity contribution < 1.29 is 4.74 Å². The molecule has 2 aliphatic rings. The molecule has 26 heavy (non-hydrogen) atoms. The van der Waals surface area contributed by atoms with Crippen LogP contribution in [-0.2, 0) is 11.3 Å². The number of nitrogens with zero attached hydrogens (tertiary/aromatic N) is 5. The number of anilines is 2. The van der Waals surface area contributed by atoms with E-state index < -0.39 is 0 Å². The molecular formula is C20H27N5O. The van der Waals surface area contributed by atoms with Crippen LogP contribution in [0.1, 0.15) is 11.1 Å². The van der Waals surface area contributed by atoms with E-state index in [1.807, 2.05) is 31.3 Å². The summed E-state index contributed by atoms with van der Waals surface area (Å²) in [4.78, 5) is 15.9. The van der Waals surface area contributed by atoms with Crippen LogP contribution in [-0.4, -0.2) is 67.4 Å². The van der Waals surface area contributed by atoms with E-state index in [-0.39, 0.29) is 6.10 Å². The van der Waals surface area contributed by atoms with Crippen molar-refractivity contribution in [2.75, 3.05) is 50.1 Å². The van der Waals surface area contributed by atoms with Gasteiger partial charge in [0.1, 0.15) is 5.82 Å². The number of fused-ring (bicyclic) bond motifs is 1. The fraction of sp³-hybridized carbons (Fsp3) is 0.500. The first kappa shape index (κ1) is 17.2. The van der Waals surface area contributed by atoms with Crippen molar-refractivity contribution in [1.29, 1.82) is 0 Å². The summed E-state index contributed by atoms with van der Waals surface area (Å²) in [5, 5.41) is 0. The summed E-state index contributed by atoms with van der Waals surface area (Å²) in [6.45, 7) is 6.72. The number of morpholine rings is 1. The number of aromatic nitrogens is 2. The Balaban J connectivity index is 1.50. The molecule has 138 valence electrons. The predicted molar refractivity (Wildman–Crippen MR) is 104 cm³/mol. The highest BCUT2D eigenvalue weighted by Crippen LogP contribution is 2.28. The Morgan fingerprint density at radius 3 is 2.92 bits per heavy atom. The summed E-state index contributed by atoms with van der Waals surface area (Å²) in [5.41, 5.74) is 2.68. The molecule has 3 heterocycles. The van der Waals surface area contributed by atoms with E-state index in [4.69, 9.17) is 9.72 Å². The molecule has 0 spiro atoms. The number of benzene rings is 1. The molecule has 2 aromatic rings. The Hall–Kier alpha value is -2.18. The molecule has 0 aliphatic carbocycles. The Labute approximate surface area is 155 Å². The molecular weight excluding hydrogens is 326 g/mol. The molecule has 6 heteroatoms. The molecule has 2 saturated heterocycles. The Morgan fingerprint density at radius 2 is 2.12 bits per heavy atom. The second-order valence-corrected chi connectivity index (χ2v) is 7.46. The van der Waals surface area contributed by atoms with Crippen molar-refractivity contribution in [2.24, 2.45) is 0 Å². The van der Waals surface area contributed by atoms with Crippen molar-refractivity contribution >= 4 is 11.8 Å². The van der Waals surface area contributed by atoms with Gasteiger partial charge in [0.25, 0.3) is 0 Å². The first-order chi connectivity index (χ1) is 12.6. The summed E-state index contributed by atoms with van der Waals surface area (Å²) < 4.78 is 6.09. The van der Waals surface area contributed by atoms with Gasteiger partial charge in [0.2, 0.25) is 5.95 Å². The fourth-order valence-electron chi connectivity index (χ4n) is 3.96. The molecule has 0 unspecified atom stereocenters. The van der Waals surface area contributed by atoms with E-state index in [1.54, 1.807) is 0 Å². The highest BCUT2D eigenvalue weighted by molar-refractivity contribution is 5.45. The zero-order valence-electron chi connectivity index (χ0n) is 15.8.